The summed E-state index contributed by atoms with van der Waals surface area (Å²) < 4.78 is 48.5. The SMILES string of the molecule is CC(=O)N/C(N)=C/C(=C\C(C)C)C(=O)[N+]12Cc3ccc(OCC(F)(F)F)nc3N3CCOCC1C32. The van der Waals surface area contributed by atoms with Crippen LogP contribution < -0.4 is 20.7 Å². The molecule has 2 amide bonds. The molecule has 0 saturated carbocycles. The quantitative estimate of drug-likeness (QED) is 0.268. The van der Waals surface area contributed by atoms with E-state index in [9.17, 15) is 22.8 Å². The molecule has 1 aromatic rings. The van der Waals surface area contributed by atoms with E-state index in [1.807, 2.05) is 18.7 Å². The summed E-state index contributed by atoms with van der Waals surface area (Å²) in [4.78, 5) is 31.7. The van der Waals surface area contributed by atoms with Gasteiger partial charge in [-0.05, 0) is 18.1 Å². The number of alkyl halides is 3. The second-order valence-corrected chi connectivity index (χ2v) is 9.33. The first-order valence-electron chi connectivity index (χ1n) is 11.3. The van der Waals surface area contributed by atoms with Crippen LogP contribution in [0.2, 0.25) is 0 Å². The van der Waals surface area contributed by atoms with Crippen molar-refractivity contribution in [2.75, 3.05) is 31.3 Å². The molecule has 12 heteroatoms. The lowest BCUT2D eigenvalue weighted by molar-refractivity contribution is -0.763. The molecule has 3 atom stereocenters. The van der Waals surface area contributed by atoms with E-state index in [-0.39, 0.29) is 46.1 Å². The third kappa shape index (κ3) is 4.98. The molecule has 35 heavy (non-hydrogen) atoms. The highest BCUT2D eigenvalue weighted by molar-refractivity contribution is 5.93. The van der Waals surface area contributed by atoms with E-state index in [1.165, 1.54) is 19.1 Å². The lowest BCUT2D eigenvalue weighted by atomic mass is 10.1. The molecule has 0 aromatic carbocycles. The number of hydrogen-bond acceptors (Lipinski definition) is 7. The van der Waals surface area contributed by atoms with Gasteiger partial charge in [-0.25, -0.2) is 9.28 Å². The van der Waals surface area contributed by atoms with Crippen LogP contribution in [-0.4, -0.2) is 66.0 Å². The number of pyridine rings is 1. The van der Waals surface area contributed by atoms with Gasteiger partial charge in [-0.3, -0.25) is 9.69 Å². The number of nitrogens with one attached hydrogen (secondary N) is 1. The number of allylic oxidation sites excluding steroid dienone is 1. The second kappa shape index (κ2) is 9.15. The van der Waals surface area contributed by atoms with E-state index in [1.54, 1.807) is 12.1 Å². The van der Waals surface area contributed by atoms with Crippen LogP contribution >= 0.6 is 0 Å². The zero-order valence-electron chi connectivity index (χ0n) is 19.8. The van der Waals surface area contributed by atoms with Crippen LogP contribution in [0.1, 0.15) is 26.3 Å². The highest BCUT2D eigenvalue weighted by Gasteiger charge is 2.76. The maximum absolute atomic E-state index is 14.0. The topological polar surface area (TPSA) is 107 Å². The Balaban J connectivity index is 1.69. The van der Waals surface area contributed by atoms with Crippen LogP contribution in [0, 0.1) is 5.92 Å². The molecule has 1 aromatic heterocycles. The predicted molar refractivity (Wildman–Crippen MR) is 120 cm³/mol. The van der Waals surface area contributed by atoms with Gasteiger partial charge < -0.3 is 20.5 Å². The lowest BCUT2D eigenvalue weighted by Gasteiger charge is -2.33. The zero-order chi connectivity index (χ0) is 25.5. The van der Waals surface area contributed by atoms with Crippen LogP contribution in [0.25, 0.3) is 0 Å². The fraction of sp³-hybridized carbons (Fsp3) is 0.522. The van der Waals surface area contributed by atoms with Crippen molar-refractivity contribution in [1.82, 2.24) is 10.3 Å². The summed E-state index contributed by atoms with van der Waals surface area (Å²) in [5.74, 6) is -0.0249. The molecule has 0 bridgehead atoms. The summed E-state index contributed by atoms with van der Waals surface area (Å²) in [7, 11) is 0. The lowest BCUT2D eigenvalue weighted by Crippen LogP contribution is -2.49. The number of fused-ring (bicyclic) bond motifs is 3. The summed E-state index contributed by atoms with van der Waals surface area (Å²) in [5, 5.41) is 2.49. The molecule has 9 nitrogen and oxygen atoms in total. The Morgan fingerprint density at radius 2 is 2.14 bits per heavy atom. The standard InChI is InChI=1S/C23H28F3N5O4/c1-13(2)8-16(9-18(27)28-14(3)32)22(33)31-10-15-4-5-19(35-12-23(24,25)26)29-20(15)30-6-7-34-11-17(31)21(30)31/h4-5,8-9,13,17,21H,6-7,10-12,27H2,1-3H3/p+1/b16-8+,18-9+. The Morgan fingerprint density at radius 3 is 2.80 bits per heavy atom. The molecule has 0 radical (unpaired) electrons. The van der Waals surface area contributed by atoms with Gasteiger partial charge in [0, 0.05) is 25.1 Å². The summed E-state index contributed by atoms with van der Waals surface area (Å²) in [6.45, 7) is 5.27. The molecule has 3 aliphatic rings. The fourth-order valence-electron chi connectivity index (χ4n) is 4.93. The van der Waals surface area contributed by atoms with Crippen molar-refractivity contribution in [1.29, 1.82) is 0 Å². The second-order valence-electron chi connectivity index (χ2n) is 9.33. The van der Waals surface area contributed by atoms with Crippen molar-refractivity contribution in [2.24, 2.45) is 11.7 Å². The number of hydrogen-bond donors (Lipinski definition) is 2. The zero-order valence-corrected chi connectivity index (χ0v) is 19.8. The van der Waals surface area contributed by atoms with Crippen molar-refractivity contribution < 1.29 is 36.7 Å². The monoisotopic (exact) mass is 496 g/mol. The smallest absolute Gasteiger partial charge is 0.422 e. The van der Waals surface area contributed by atoms with Gasteiger partial charge in [0.1, 0.15) is 24.8 Å². The fourth-order valence-corrected chi connectivity index (χ4v) is 4.93. The number of nitrogens with two attached hydrogens (primary N) is 1. The van der Waals surface area contributed by atoms with Crippen molar-refractivity contribution >= 4 is 17.6 Å². The third-order valence-corrected chi connectivity index (χ3v) is 6.19. The van der Waals surface area contributed by atoms with Gasteiger partial charge in [0.15, 0.2) is 12.6 Å². The van der Waals surface area contributed by atoms with E-state index in [4.69, 9.17) is 15.2 Å². The summed E-state index contributed by atoms with van der Waals surface area (Å²) >= 11 is 0. The van der Waals surface area contributed by atoms with Crippen LogP contribution in [0.4, 0.5) is 19.0 Å². The molecule has 190 valence electrons. The molecule has 0 spiro atoms. The van der Waals surface area contributed by atoms with Gasteiger partial charge in [0.2, 0.25) is 18.0 Å². The molecule has 3 N–H and O–H groups in total. The number of anilines is 1. The molecular formula is C23H29F3N5O4+. The van der Waals surface area contributed by atoms with Crippen LogP contribution in [0.3, 0.4) is 0 Å². The van der Waals surface area contributed by atoms with Crippen LogP contribution in [0.15, 0.2) is 35.7 Å². The first-order valence-corrected chi connectivity index (χ1v) is 11.3. The van der Waals surface area contributed by atoms with E-state index >= 15 is 0 Å². The number of nitrogens with zero attached hydrogens (tertiary/aromatic N) is 3. The number of carbonyl (C=O) groups is 2. The van der Waals surface area contributed by atoms with Gasteiger partial charge >= 0.3 is 12.1 Å². The minimum Gasteiger partial charge on any atom is -0.468 e. The average molecular weight is 497 g/mol. The van der Waals surface area contributed by atoms with Crippen molar-refractivity contribution in [2.45, 2.75) is 45.7 Å². The number of quaternary nitrogens is 1. The molecule has 4 rings (SSSR count). The number of carbonyl (C=O) groups excluding carboxylic acids is 2. The van der Waals surface area contributed by atoms with Gasteiger partial charge in [-0.1, -0.05) is 19.9 Å². The predicted octanol–water partition coefficient (Wildman–Crippen LogP) is 1.94. The Kier molecular flexibility index (Phi) is 6.54. The Labute approximate surface area is 200 Å². The Hall–Kier alpha value is -3.12. The number of rotatable bonds is 6. The normalized spacial score (nSPS) is 26.0. The van der Waals surface area contributed by atoms with Crippen LogP contribution in [0.5, 0.6) is 5.88 Å². The Morgan fingerprint density at radius 1 is 1.40 bits per heavy atom. The maximum Gasteiger partial charge on any atom is 0.422 e. The number of aromatic nitrogens is 1. The maximum atomic E-state index is 14.0. The number of amides is 2. The molecule has 3 unspecified atom stereocenters. The van der Waals surface area contributed by atoms with Gasteiger partial charge in [0.25, 0.3) is 0 Å². The first kappa shape index (κ1) is 25.0. The molecule has 3 aliphatic heterocycles. The number of halogens is 3. The van der Waals surface area contributed by atoms with Crippen molar-refractivity contribution in [3.05, 3.63) is 41.2 Å². The van der Waals surface area contributed by atoms with Gasteiger partial charge in [-0.15, -0.1) is 0 Å². The van der Waals surface area contributed by atoms with E-state index < -0.39 is 12.8 Å². The molecule has 0 aliphatic carbocycles. The summed E-state index contributed by atoms with van der Waals surface area (Å²) in [6.07, 6.45) is -1.47. The third-order valence-electron chi connectivity index (χ3n) is 6.19. The highest BCUT2D eigenvalue weighted by atomic mass is 19.4. The summed E-state index contributed by atoms with van der Waals surface area (Å²) in [6, 6.07) is 2.88. The van der Waals surface area contributed by atoms with Crippen molar-refractivity contribution in [3.8, 4) is 5.88 Å². The van der Waals surface area contributed by atoms with E-state index in [2.05, 4.69) is 10.3 Å². The summed E-state index contributed by atoms with van der Waals surface area (Å²) in [5.41, 5.74) is 7.06. The molecular weight excluding hydrogens is 467 g/mol. The Bertz CT molecular complexity index is 1090. The largest absolute Gasteiger partial charge is 0.468 e. The minimum atomic E-state index is -4.47. The van der Waals surface area contributed by atoms with Gasteiger partial charge in [-0.2, -0.15) is 18.2 Å². The van der Waals surface area contributed by atoms with Gasteiger partial charge in [0.05, 0.1) is 12.2 Å². The van der Waals surface area contributed by atoms with E-state index in [0.29, 0.717) is 37.7 Å². The van der Waals surface area contributed by atoms with Crippen LogP contribution in [-0.2, 0) is 20.9 Å². The van der Waals surface area contributed by atoms with Crippen molar-refractivity contribution in [3.63, 3.8) is 0 Å². The van der Waals surface area contributed by atoms with E-state index in [0.717, 1.165) is 5.56 Å². The highest BCUT2D eigenvalue weighted by Crippen LogP contribution is 2.53. The minimum absolute atomic E-state index is 0.0396. The molecule has 2 saturated heterocycles. The molecule has 4 heterocycles. The first-order chi connectivity index (χ1) is 16.4. The average Bonchev–Trinajstić information content (AvgIpc) is 3.45. The number of ether oxygens (including phenoxy) is 2. The molecule has 2 fully saturated rings.